The number of terminal acetylenes is 1. The SMILES string of the molecule is C#CCN1C(=O)C(C)Nc2cc(Cl)c(Cl)cc21. The molecule has 0 saturated carbocycles. The van der Waals surface area contributed by atoms with E-state index >= 15 is 0 Å². The van der Waals surface area contributed by atoms with E-state index in [1.165, 1.54) is 4.90 Å². The van der Waals surface area contributed by atoms with Crippen molar-refractivity contribution < 1.29 is 4.79 Å². The Balaban J connectivity index is 2.54. The summed E-state index contributed by atoms with van der Waals surface area (Å²) in [5.41, 5.74) is 1.43. The molecule has 1 aliphatic rings. The van der Waals surface area contributed by atoms with Crippen molar-refractivity contribution >= 4 is 40.5 Å². The predicted molar refractivity (Wildman–Crippen MR) is 70.7 cm³/mol. The molecule has 0 bridgehead atoms. The molecule has 0 saturated heterocycles. The maximum Gasteiger partial charge on any atom is 0.250 e. The molecule has 0 aliphatic carbocycles. The smallest absolute Gasteiger partial charge is 0.250 e. The minimum atomic E-state index is -0.326. The van der Waals surface area contributed by atoms with Gasteiger partial charge < -0.3 is 5.32 Å². The van der Waals surface area contributed by atoms with Gasteiger partial charge >= 0.3 is 0 Å². The average molecular weight is 269 g/mol. The van der Waals surface area contributed by atoms with Crippen LogP contribution in [0.4, 0.5) is 11.4 Å². The van der Waals surface area contributed by atoms with Gasteiger partial charge in [-0.05, 0) is 19.1 Å². The highest BCUT2D eigenvalue weighted by atomic mass is 35.5. The molecule has 17 heavy (non-hydrogen) atoms. The minimum Gasteiger partial charge on any atom is -0.372 e. The number of halogens is 2. The quantitative estimate of drug-likeness (QED) is 0.795. The lowest BCUT2D eigenvalue weighted by molar-refractivity contribution is -0.119. The normalized spacial score (nSPS) is 18.4. The van der Waals surface area contributed by atoms with Crippen LogP contribution in [-0.2, 0) is 4.79 Å². The van der Waals surface area contributed by atoms with Gasteiger partial charge in [0.25, 0.3) is 0 Å². The van der Waals surface area contributed by atoms with Crippen LogP contribution >= 0.6 is 23.2 Å². The summed E-state index contributed by atoms with van der Waals surface area (Å²) >= 11 is 11.9. The molecule has 0 fully saturated rings. The summed E-state index contributed by atoms with van der Waals surface area (Å²) in [5.74, 6) is 2.39. The number of nitrogens with one attached hydrogen (secondary N) is 1. The number of carbonyl (C=O) groups is 1. The number of rotatable bonds is 1. The predicted octanol–water partition coefficient (Wildman–Crippen LogP) is 2.77. The average Bonchev–Trinajstić information content (AvgIpc) is 2.28. The van der Waals surface area contributed by atoms with E-state index in [0.717, 1.165) is 5.69 Å². The van der Waals surface area contributed by atoms with Gasteiger partial charge in [0.2, 0.25) is 5.91 Å². The fourth-order valence-corrected chi connectivity index (χ4v) is 2.10. The first-order chi connectivity index (χ1) is 8.04. The lowest BCUT2D eigenvalue weighted by Gasteiger charge is -2.33. The molecular formula is C12H10Cl2N2O. The van der Waals surface area contributed by atoms with Gasteiger partial charge in [0.15, 0.2) is 0 Å². The third kappa shape index (κ3) is 2.06. The zero-order chi connectivity index (χ0) is 12.6. The molecule has 1 unspecified atom stereocenters. The zero-order valence-corrected chi connectivity index (χ0v) is 10.6. The first-order valence-electron chi connectivity index (χ1n) is 5.05. The van der Waals surface area contributed by atoms with Gasteiger partial charge in [0, 0.05) is 0 Å². The Hall–Kier alpha value is -1.37. The summed E-state index contributed by atoms with van der Waals surface area (Å²) in [7, 11) is 0. The maximum absolute atomic E-state index is 12.0. The van der Waals surface area contributed by atoms with Crippen molar-refractivity contribution in [2.45, 2.75) is 13.0 Å². The Morgan fingerprint density at radius 1 is 1.47 bits per heavy atom. The van der Waals surface area contributed by atoms with Gasteiger partial charge in [-0.1, -0.05) is 29.1 Å². The lowest BCUT2D eigenvalue weighted by atomic mass is 10.1. The van der Waals surface area contributed by atoms with E-state index < -0.39 is 0 Å². The Morgan fingerprint density at radius 3 is 2.76 bits per heavy atom. The van der Waals surface area contributed by atoms with E-state index in [-0.39, 0.29) is 18.5 Å². The van der Waals surface area contributed by atoms with Gasteiger partial charge in [-0.3, -0.25) is 9.69 Å². The van der Waals surface area contributed by atoms with Crippen molar-refractivity contribution in [2.75, 3.05) is 16.8 Å². The third-order valence-electron chi connectivity index (χ3n) is 2.59. The molecule has 1 atom stereocenters. The summed E-state index contributed by atoms with van der Waals surface area (Å²) in [6.07, 6.45) is 5.27. The van der Waals surface area contributed by atoms with Crippen LogP contribution in [0.15, 0.2) is 12.1 Å². The highest BCUT2D eigenvalue weighted by molar-refractivity contribution is 6.42. The topological polar surface area (TPSA) is 32.3 Å². The van der Waals surface area contributed by atoms with E-state index in [0.29, 0.717) is 15.7 Å². The Labute approximate surface area is 110 Å². The summed E-state index contributed by atoms with van der Waals surface area (Å²) in [6, 6.07) is 3.02. The molecule has 0 aromatic heterocycles. The second kappa shape index (κ2) is 4.48. The zero-order valence-electron chi connectivity index (χ0n) is 9.13. The molecule has 1 heterocycles. The molecular weight excluding hydrogens is 259 g/mol. The summed E-state index contributed by atoms with van der Waals surface area (Å²) in [4.78, 5) is 13.5. The number of fused-ring (bicyclic) bond motifs is 1. The molecule has 0 spiro atoms. The standard InChI is InChI=1S/C12H10Cl2N2O/c1-3-4-16-11-6-9(14)8(13)5-10(11)15-7(2)12(16)17/h1,5-7,15H,4H2,2H3. The fourth-order valence-electron chi connectivity index (χ4n) is 1.78. The van der Waals surface area contributed by atoms with Crippen molar-refractivity contribution in [1.29, 1.82) is 0 Å². The Kier molecular flexibility index (Phi) is 3.19. The number of anilines is 2. The monoisotopic (exact) mass is 268 g/mol. The van der Waals surface area contributed by atoms with Gasteiger partial charge in [-0.25, -0.2) is 0 Å². The van der Waals surface area contributed by atoms with Crippen LogP contribution in [0.1, 0.15) is 6.92 Å². The molecule has 88 valence electrons. The number of benzene rings is 1. The van der Waals surface area contributed by atoms with Crippen molar-refractivity contribution in [1.82, 2.24) is 0 Å². The van der Waals surface area contributed by atoms with Crippen LogP contribution in [0.3, 0.4) is 0 Å². The molecule has 5 heteroatoms. The molecule has 2 rings (SSSR count). The minimum absolute atomic E-state index is 0.0751. The molecule has 1 aliphatic heterocycles. The molecule has 1 N–H and O–H groups in total. The highest BCUT2D eigenvalue weighted by Gasteiger charge is 2.29. The number of hydrogen-bond acceptors (Lipinski definition) is 2. The molecule has 1 aromatic carbocycles. The largest absolute Gasteiger partial charge is 0.372 e. The van der Waals surface area contributed by atoms with Gasteiger partial charge in [0.1, 0.15) is 6.04 Å². The third-order valence-corrected chi connectivity index (χ3v) is 3.31. The lowest BCUT2D eigenvalue weighted by Crippen LogP contribution is -2.45. The van der Waals surface area contributed by atoms with E-state index in [1.807, 2.05) is 0 Å². The summed E-state index contributed by atoms with van der Waals surface area (Å²) in [5, 5.41) is 3.91. The van der Waals surface area contributed by atoms with Crippen molar-refractivity contribution in [2.24, 2.45) is 0 Å². The first kappa shape index (κ1) is 12.1. The van der Waals surface area contributed by atoms with Gasteiger partial charge in [-0.2, -0.15) is 0 Å². The van der Waals surface area contributed by atoms with Crippen LogP contribution in [0, 0.1) is 12.3 Å². The maximum atomic E-state index is 12.0. The van der Waals surface area contributed by atoms with Crippen LogP contribution in [-0.4, -0.2) is 18.5 Å². The molecule has 1 aromatic rings. The number of hydrogen-bond donors (Lipinski definition) is 1. The van der Waals surface area contributed by atoms with Crippen LogP contribution < -0.4 is 10.2 Å². The first-order valence-corrected chi connectivity index (χ1v) is 5.80. The van der Waals surface area contributed by atoms with Crippen molar-refractivity contribution in [3.8, 4) is 12.3 Å². The summed E-state index contributed by atoms with van der Waals surface area (Å²) < 4.78 is 0. The van der Waals surface area contributed by atoms with Crippen LogP contribution in [0.2, 0.25) is 10.0 Å². The summed E-state index contributed by atoms with van der Waals surface area (Å²) in [6.45, 7) is 1.99. The number of carbonyl (C=O) groups excluding carboxylic acids is 1. The molecule has 1 amide bonds. The van der Waals surface area contributed by atoms with E-state index in [2.05, 4.69) is 11.2 Å². The second-order valence-corrected chi connectivity index (χ2v) is 4.59. The Morgan fingerprint density at radius 2 is 2.12 bits per heavy atom. The number of amides is 1. The highest BCUT2D eigenvalue weighted by Crippen LogP contribution is 2.37. The van der Waals surface area contributed by atoms with Crippen LogP contribution in [0.5, 0.6) is 0 Å². The van der Waals surface area contributed by atoms with Crippen molar-refractivity contribution in [3.05, 3.63) is 22.2 Å². The fraction of sp³-hybridized carbons (Fsp3) is 0.250. The van der Waals surface area contributed by atoms with E-state index in [9.17, 15) is 4.79 Å². The van der Waals surface area contributed by atoms with Gasteiger partial charge in [-0.15, -0.1) is 6.42 Å². The van der Waals surface area contributed by atoms with Crippen molar-refractivity contribution in [3.63, 3.8) is 0 Å². The Bertz CT molecular complexity index is 522. The van der Waals surface area contributed by atoms with Gasteiger partial charge in [0.05, 0.1) is 28.0 Å². The number of nitrogens with zero attached hydrogens (tertiary/aromatic N) is 1. The van der Waals surface area contributed by atoms with E-state index in [4.69, 9.17) is 29.6 Å². The molecule has 0 radical (unpaired) electrons. The molecule has 3 nitrogen and oxygen atoms in total. The van der Waals surface area contributed by atoms with E-state index in [1.54, 1.807) is 19.1 Å². The second-order valence-electron chi connectivity index (χ2n) is 3.78. The van der Waals surface area contributed by atoms with Crippen LogP contribution in [0.25, 0.3) is 0 Å².